The van der Waals surface area contributed by atoms with Gasteiger partial charge in [0, 0.05) is 74.1 Å². The Balaban J connectivity index is 1.35. The fourth-order valence-electron chi connectivity index (χ4n) is 6.19. The van der Waals surface area contributed by atoms with Crippen LogP contribution in [0.1, 0.15) is 44.7 Å². The average molecular weight is 583 g/mol. The molecule has 0 spiro atoms. The van der Waals surface area contributed by atoms with Crippen molar-refractivity contribution in [2.45, 2.75) is 25.9 Å². The lowest BCUT2D eigenvalue weighted by Crippen LogP contribution is -2.46. The molecule has 1 N–H and O–H groups in total. The predicted molar refractivity (Wildman–Crippen MR) is 175 cm³/mol. The predicted octanol–water partition coefficient (Wildman–Crippen LogP) is 6.38. The molecule has 2 aliphatic heterocycles. The molecule has 0 aromatic heterocycles. The Labute approximate surface area is 259 Å². The van der Waals surface area contributed by atoms with E-state index in [2.05, 4.69) is 63.6 Å². The largest absolute Gasteiger partial charge is 0.326 e. The van der Waals surface area contributed by atoms with Gasteiger partial charge in [0.25, 0.3) is 11.8 Å². The molecule has 2 aliphatic rings. The maximum atomic E-state index is 13.4. The van der Waals surface area contributed by atoms with Crippen LogP contribution in [0.15, 0.2) is 138 Å². The van der Waals surface area contributed by atoms with E-state index in [4.69, 9.17) is 4.99 Å². The molecule has 6 heteroatoms. The Morgan fingerprint density at radius 3 is 1.80 bits per heavy atom. The molecule has 0 bridgehead atoms. The summed E-state index contributed by atoms with van der Waals surface area (Å²) in [6, 6.07) is 39.7. The Kier molecular flexibility index (Phi) is 9.51. The summed E-state index contributed by atoms with van der Waals surface area (Å²) in [4.78, 5) is 36.4. The molecule has 0 saturated carbocycles. The standard InChI is InChI=1S/C38H38N4O2/c43-37(31-17-9-3-10-18-31)39-35-21-23-41(25-29-13-5-1-6-14-29)27-33(35)34-28-42(26-30-15-7-2-8-16-30)24-22-36(34)40-38(44)32-19-11-4-12-20-32/h1-20,33H,21-28H2,(H,40,44). The molecule has 1 unspecified atom stereocenters. The fourth-order valence-corrected chi connectivity index (χ4v) is 6.19. The van der Waals surface area contributed by atoms with E-state index in [-0.39, 0.29) is 17.7 Å². The topological polar surface area (TPSA) is 65.0 Å². The van der Waals surface area contributed by atoms with Crippen LogP contribution in [0.3, 0.4) is 0 Å². The molecule has 1 atom stereocenters. The third-order valence-corrected chi connectivity index (χ3v) is 8.47. The van der Waals surface area contributed by atoms with Gasteiger partial charge in [0.2, 0.25) is 0 Å². The van der Waals surface area contributed by atoms with Crippen LogP contribution in [0, 0.1) is 5.92 Å². The number of benzene rings is 4. The lowest BCUT2D eigenvalue weighted by Gasteiger charge is -2.40. The number of nitrogens with zero attached hydrogens (tertiary/aromatic N) is 3. The summed E-state index contributed by atoms with van der Waals surface area (Å²) in [6.07, 6.45) is 1.41. The highest BCUT2D eigenvalue weighted by Crippen LogP contribution is 2.31. The molecule has 4 aromatic carbocycles. The molecular formula is C38H38N4O2. The lowest BCUT2D eigenvalue weighted by molar-refractivity contribution is 0.0957. The highest BCUT2D eigenvalue weighted by molar-refractivity contribution is 6.05. The van der Waals surface area contributed by atoms with Gasteiger partial charge in [-0.1, -0.05) is 97.1 Å². The van der Waals surface area contributed by atoms with Crippen LogP contribution in [-0.2, 0) is 13.1 Å². The number of nitrogens with one attached hydrogen (secondary N) is 1. The molecule has 0 aliphatic carbocycles. The monoisotopic (exact) mass is 582 g/mol. The van der Waals surface area contributed by atoms with E-state index in [0.29, 0.717) is 24.1 Å². The summed E-state index contributed by atoms with van der Waals surface area (Å²) >= 11 is 0. The van der Waals surface area contributed by atoms with E-state index in [1.54, 1.807) is 0 Å². The molecule has 6 rings (SSSR count). The Morgan fingerprint density at radius 2 is 1.18 bits per heavy atom. The summed E-state index contributed by atoms with van der Waals surface area (Å²) in [5, 5.41) is 3.29. The van der Waals surface area contributed by atoms with Gasteiger partial charge in [0.1, 0.15) is 0 Å². The zero-order valence-corrected chi connectivity index (χ0v) is 24.9. The maximum absolute atomic E-state index is 13.4. The summed E-state index contributed by atoms with van der Waals surface area (Å²) in [6.45, 7) is 4.72. The Morgan fingerprint density at radius 1 is 0.659 bits per heavy atom. The van der Waals surface area contributed by atoms with Crippen molar-refractivity contribution >= 4 is 17.5 Å². The van der Waals surface area contributed by atoms with E-state index in [9.17, 15) is 9.59 Å². The Hall–Kier alpha value is -4.65. The molecule has 1 fully saturated rings. The minimum Gasteiger partial charge on any atom is -0.326 e. The molecule has 6 nitrogen and oxygen atoms in total. The van der Waals surface area contributed by atoms with Gasteiger partial charge in [-0.05, 0) is 47.4 Å². The van der Waals surface area contributed by atoms with Crippen molar-refractivity contribution in [3.63, 3.8) is 0 Å². The summed E-state index contributed by atoms with van der Waals surface area (Å²) in [5.41, 5.74) is 6.73. The first-order valence-electron chi connectivity index (χ1n) is 15.4. The lowest BCUT2D eigenvalue weighted by atomic mass is 9.84. The first-order chi connectivity index (χ1) is 21.6. The van der Waals surface area contributed by atoms with Gasteiger partial charge in [-0.15, -0.1) is 0 Å². The molecule has 0 radical (unpaired) electrons. The van der Waals surface area contributed by atoms with Gasteiger partial charge in [-0.25, -0.2) is 4.99 Å². The van der Waals surface area contributed by atoms with Crippen molar-refractivity contribution in [1.82, 2.24) is 15.1 Å². The van der Waals surface area contributed by atoms with Gasteiger partial charge in [-0.2, -0.15) is 0 Å². The normalized spacial score (nSPS) is 18.7. The quantitative estimate of drug-likeness (QED) is 0.262. The third-order valence-electron chi connectivity index (χ3n) is 8.47. The highest BCUT2D eigenvalue weighted by Gasteiger charge is 2.34. The molecule has 222 valence electrons. The smallest absolute Gasteiger partial charge is 0.276 e. The summed E-state index contributed by atoms with van der Waals surface area (Å²) in [7, 11) is 0. The van der Waals surface area contributed by atoms with Crippen LogP contribution in [0.5, 0.6) is 0 Å². The van der Waals surface area contributed by atoms with Crippen LogP contribution in [0.2, 0.25) is 0 Å². The van der Waals surface area contributed by atoms with E-state index < -0.39 is 0 Å². The number of hydrogen-bond donors (Lipinski definition) is 1. The molecular weight excluding hydrogens is 544 g/mol. The summed E-state index contributed by atoms with van der Waals surface area (Å²) < 4.78 is 0. The van der Waals surface area contributed by atoms with Crippen molar-refractivity contribution in [3.8, 4) is 0 Å². The van der Waals surface area contributed by atoms with Crippen LogP contribution >= 0.6 is 0 Å². The molecule has 4 aromatic rings. The van der Waals surface area contributed by atoms with Crippen LogP contribution in [0.25, 0.3) is 0 Å². The van der Waals surface area contributed by atoms with Gasteiger partial charge >= 0.3 is 0 Å². The molecule has 2 heterocycles. The highest BCUT2D eigenvalue weighted by atomic mass is 16.2. The van der Waals surface area contributed by atoms with Crippen LogP contribution < -0.4 is 5.32 Å². The minimum absolute atomic E-state index is 0.0928. The van der Waals surface area contributed by atoms with Gasteiger partial charge in [0.05, 0.1) is 0 Å². The summed E-state index contributed by atoms with van der Waals surface area (Å²) in [5.74, 6) is -0.412. The van der Waals surface area contributed by atoms with Crippen molar-refractivity contribution in [1.29, 1.82) is 0 Å². The maximum Gasteiger partial charge on any atom is 0.276 e. The molecule has 44 heavy (non-hydrogen) atoms. The van der Waals surface area contributed by atoms with Gasteiger partial charge < -0.3 is 5.32 Å². The number of hydrogen-bond acceptors (Lipinski definition) is 4. The van der Waals surface area contributed by atoms with E-state index in [0.717, 1.165) is 56.1 Å². The number of aliphatic imine (C=N–C) groups is 1. The first-order valence-corrected chi connectivity index (χ1v) is 15.4. The van der Waals surface area contributed by atoms with E-state index >= 15 is 0 Å². The zero-order valence-electron chi connectivity index (χ0n) is 24.9. The number of piperidine rings is 1. The first kappa shape index (κ1) is 29.4. The number of carbonyl (C=O) groups excluding carboxylic acids is 2. The molecule has 2 amide bonds. The van der Waals surface area contributed by atoms with Crippen molar-refractivity contribution in [3.05, 3.63) is 155 Å². The van der Waals surface area contributed by atoms with E-state index in [1.807, 2.05) is 72.8 Å². The third kappa shape index (κ3) is 7.46. The molecule has 1 saturated heterocycles. The zero-order chi connectivity index (χ0) is 30.1. The fraction of sp³-hybridized carbons (Fsp3) is 0.237. The van der Waals surface area contributed by atoms with Gasteiger partial charge in [-0.3, -0.25) is 19.4 Å². The van der Waals surface area contributed by atoms with E-state index in [1.165, 1.54) is 11.1 Å². The number of rotatable bonds is 8. The second-order valence-electron chi connectivity index (χ2n) is 11.6. The second-order valence-corrected chi connectivity index (χ2v) is 11.6. The average Bonchev–Trinajstić information content (AvgIpc) is 3.08. The minimum atomic E-state index is -0.213. The number of amides is 2. The van der Waals surface area contributed by atoms with Crippen molar-refractivity contribution in [2.24, 2.45) is 10.9 Å². The van der Waals surface area contributed by atoms with Crippen LogP contribution in [0.4, 0.5) is 0 Å². The SMILES string of the molecule is O=C(N=C1CCN(Cc2ccccc2)CC1C1=C(NC(=O)c2ccccc2)CCN(Cc2ccccc2)C1)c1ccccc1. The number of likely N-dealkylation sites (tertiary alicyclic amines) is 1. The second kappa shape index (κ2) is 14.2. The Bertz CT molecular complexity index is 1620. The van der Waals surface area contributed by atoms with Gasteiger partial charge in [0.15, 0.2) is 0 Å². The van der Waals surface area contributed by atoms with Crippen molar-refractivity contribution in [2.75, 3.05) is 26.2 Å². The van der Waals surface area contributed by atoms with Crippen LogP contribution in [-0.4, -0.2) is 53.5 Å². The number of carbonyl (C=O) groups is 2. The van der Waals surface area contributed by atoms with Crippen molar-refractivity contribution < 1.29 is 9.59 Å².